The minimum atomic E-state index is -0.147. The molecule has 0 spiro atoms. The van der Waals surface area contributed by atoms with Crippen LogP contribution in [0.3, 0.4) is 0 Å². The van der Waals surface area contributed by atoms with Crippen molar-refractivity contribution in [2.24, 2.45) is 17.8 Å². The van der Waals surface area contributed by atoms with Crippen molar-refractivity contribution in [3.05, 3.63) is 0 Å². The second-order valence-corrected chi connectivity index (χ2v) is 5.88. The van der Waals surface area contributed by atoms with Crippen LogP contribution in [0, 0.1) is 17.8 Å². The van der Waals surface area contributed by atoms with E-state index in [2.05, 4.69) is 10.1 Å². The maximum Gasteiger partial charge on any atom is 0.305 e. The summed E-state index contributed by atoms with van der Waals surface area (Å²) in [6.07, 6.45) is 8.22. The first-order valence-corrected chi connectivity index (χ1v) is 7.57. The molecule has 4 heteroatoms. The summed E-state index contributed by atoms with van der Waals surface area (Å²) in [6, 6.07) is 0. The highest BCUT2D eigenvalue weighted by molar-refractivity contribution is 5.80. The molecule has 1 N–H and O–H groups in total. The van der Waals surface area contributed by atoms with Crippen molar-refractivity contribution in [3.8, 4) is 0 Å². The second kappa shape index (κ2) is 6.92. The molecule has 108 valence electrons. The van der Waals surface area contributed by atoms with Crippen LogP contribution < -0.4 is 5.32 Å². The van der Waals surface area contributed by atoms with Gasteiger partial charge in [-0.1, -0.05) is 6.42 Å². The lowest BCUT2D eigenvalue weighted by atomic mass is 9.97. The van der Waals surface area contributed by atoms with Gasteiger partial charge in [-0.3, -0.25) is 9.59 Å². The molecular weight excluding hydrogens is 242 g/mol. The van der Waals surface area contributed by atoms with Gasteiger partial charge in [0, 0.05) is 18.9 Å². The molecule has 1 amide bonds. The standard InChI is InChI=1S/C15H25NO3/c1-19-13(17)5-3-2-4-10-16-15(18)14(11-6-7-11)12-8-9-12/h11-12,14H,2-10H2,1H3,(H,16,18). The van der Waals surface area contributed by atoms with Crippen LogP contribution in [-0.4, -0.2) is 25.5 Å². The van der Waals surface area contributed by atoms with E-state index in [0.29, 0.717) is 24.2 Å². The van der Waals surface area contributed by atoms with Crippen molar-refractivity contribution in [2.45, 2.75) is 51.4 Å². The molecule has 19 heavy (non-hydrogen) atoms. The number of unbranched alkanes of at least 4 members (excludes halogenated alkanes) is 2. The lowest BCUT2D eigenvalue weighted by molar-refractivity contribution is -0.140. The molecule has 4 nitrogen and oxygen atoms in total. The van der Waals surface area contributed by atoms with Gasteiger partial charge in [0.25, 0.3) is 0 Å². The summed E-state index contributed by atoms with van der Waals surface area (Å²) in [5, 5.41) is 3.07. The molecule has 0 aromatic carbocycles. The number of ether oxygens (including phenoxy) is 1. The first-order valence-electron chi connectivity index (χ1n) is 7.57. The smallest absolute Gasteiger partial charge is 0.305 e. The van der Waals surface area contributed by atoms with Crippen molar-refractivity contribution in [3.63, 3.8) is 0 Å². The summed E-state index contributed by atoms with van der Waals surface area (Å²) in [5.41, 5.74) is 0. The van der Waals surface area contributed by atoms with Crippen LogP contribution in [0.2, 0.25) is 0 Å². The van der Waals surface area contributed by atoms with Crippen LogP contribution in [0.25, 0.3) is 0 Å². The minimum Gasteiger partial charge on any atom is -0.469 e. The average molecular weight is 267 g/mol. The Morgan fingerprint density at radius 1 is 1.11 bits per heavy atom. The van der Waals surface area contributed by atoms with E-state index >= 15 is 0 Å². The topological polar surface area (TPSA) is 55.4 Å². The van der Waals surface area contributed by atoms with E-state index in [9.17, 15) is 9.59 Å². The fourth-order valence-corrected chi connectivity index (χ4v) is 2.73. The van der Waals surface area contributed by atoms with Crippen molar-refractivity contribution >= 4 is 11.9 Å². The van der Waals surface area contributed by atoms with Crippen LogP contribution in [-0.2, 0) is 14.3 Å². The molecule has 2 rings (SSSR count). The molecule has 0 bridgehead atoms. The normalized spacial score (nSPS) is 18.4. The Morgan fingerprint density at radius 3 is 2.26 bits per heavy atom. The van der Waals surface area contributed by atoms with E-state index in [1.807, 2.05) is 0 Å². The van der Waals surface area contributed by atoms with Gasteiger partial charge in [-0.15, -0.1) is 0 Å². The molecule has 2 saturated carbocycles. The SMILES string of the molecule is COC(=O)CCCCCNC(=O)C(C1CC1)C1CC1. The van der Waals surface area contributed by atoms with Crippen molar-refractivity contribution in [1.82, 2.24) is 5.32 Å². The zero-order chi connectivity index (χ0) is 13.7. The van der Waals surface area contributed by atoms with E-state index in [1.165, 1.54) is 32.8 Å². The van der Waals surface area contributed by atoms with Crippen LogP contribution in [0.15, 0.2) is 0 Å². The number of hydrogen-bond donors (Lipinski definition) is 1. The molecule has 2 aliphatic carbocycles. The number of esters is 1. The summed E-state index contributed by atoms with van der Waals surface area (Å²) in [4.78, 5) is 23.0. The summed E-state index contributed by atoms with van der Waals surface area (Å²) in [5.74, 6) is 1.78. The van der Waals surface area contributed by atoms with E-state index in [4.69, 9.17) is 0 Å². The molecule has 0 unspecified atom stereocenters. The maximum atomic E-state index is 12.1. The highest BCUT2D eigenvalue weighted by Crippen LogP contribution is 2.49. The van der Waals surface area contributed by atoms with Gasteiger partial charge < -0.3 is 10.1 Å². The lowest BCUT2D eigenvalue weighted by Gasteiger charge is -2.15. The van der Waals surface area contributed by atoms with Crippen molar-refractivity contribution < 1.29 is 14.3 Å². The van der Waals surface area contributed by atoms with Gasteiger partial charge in [-0.2, -0.15) is 0 Å². The Balaban J connectivity index is 1.52. The Labute approximate surface area is 115 Å². The summed E-state index contributed by atoms with van der Waals surface area (Å²) in [7, 11) is 1.42. The molecule has 0 heterocycles. The predicted molar refractivity (Wildman–Crippen MR) is 72.4 cm³/mol. The molecule has 0 saturated heterocycles. The average Bonchev–Trinajstić information content (AvgIpc) is 3.26. The Kier molecular flexibility index (Phi) is 5.23. The van der Waals surface area contributed by atoms with Crippen molar-refractivity contribution in [1.29, 1.82) is 0 Å². The third kappa shape index (κ3) is 4.84. The van der Waals surface area contributed by atoms with Gasteiger partial charge in [0.15, 0.2) is 0 Å². The minimum absolute atomic E-state index is 0.147. The number of amides is 1. The molecule has 0 aromatic heterocycles. The molecule has 2 fully saturated rings. The van der Waals surface area contributed by atoms with Crippen LogP contribution in [0.5, 0.6) is 0 Å². The first-order chi connectivity index (χ1) is 9.22. The fraction of sp³-hybridized carbons (Fsp3) is 0.867. The quantitative estimate of drug-likeness (QED) is 0.515. The number of rotatable bonds is 9. The van der Waals surface area contributed by atoms with Gasteiger partial charge >= 0.3 is 5.97 Å². The maximum absolute atomic E-state index is 12.1. The van der Waals surface area contributed by atoms with Crippen LogP contribution in [0.1, 0.15) is 51.4 Å². The summed E-state index contributed by atoms with van der Waals surface area (Å²) < 4.78 is 4.58. The number of nitrogens with one attached hydrogen (secondary N) is 1. The monoisotopic (exact) mass is 267 g/mol. The van der Waals surface area contributed by atoms with Gasteiger partial charge in [0.2, 0.25) is 5.91 Å². The van der Waals surface area contributed by atoms with E-state index in [0.717, 1.165) is 25.8 Å². The molecular formula is C15H25NO3. The van der Waals surface area contributed by atoms with Crippen LogP contribution >= 0.6 is 0 Å². The van der Waals surface area contributed by atoms with E-state index in [-0.39, 0.29) is 11.9 Å². The Hall–Kier alpha value is -1.06. The number of hydrogen-bond acceptors (Lipinski definition) is 3. The zero-order valence-corrected chi connectivity index (χ0v) is 11.8. The summed E-state index contributed by atoms with van der Waals surface area (Å²) in [6.45, 7) is 0.746. The van der Waals surface area contributed by atoms with Crippen LogP contribution in [0.4, 0.5) is 0 Å². The highest BCUT2D eigenvalue weighted by atomic mass is 16.5. The molecule has 0 aliphatic heterocycles. The van der Waals surface area contributed by atoms with Gasteiger partial charge in [0.05, 0.1) is 7.11 Å². The predicted octanol–water partition coefficient (Wildman–Crippen LogP) is 2.27. The first kappa shape index (κ1) is 14.4. The van der Waals surface area contributed by atoms with E-state index in [1.54, 1.807) is 0 Å². The molecule has 0 radical (unpaired) electrons. The fourth-order valence-electron chi connectivity index (χ4n) is 2.73. The van der Waals surface area contributed by atoms with Gasteiger partial charge in [-0.05, 0) is 50.4 Å². The Morgan fingerprint density at radius 2 is 1.74 bits per heavy atom. The molecule has 0 atom stereocenters. The summed E-state index contributed by atoms with van der Waals surface area (Å²) >= 11 is 0. The highest BCUT2D eigenvalue weighted by Gasteiger charge is 2.45. The Bertz CT molecular complexity index is 309. The number of carbonyl (C=O) groups excluding carboxylic acids is 2. The third-order valence-electron chi connectivity index (χ3n) is 4.15. The molecule has 2 aliphatic rings. The van der Waals surface area contributed by atoms with Gasteiger partial charge in [-0.25, -0.2) is 0 Å². The molecule has 0 aromatic rings. The number of methoxy groups -OCH3 is 1. The van der Waals surface area contributed by atoms with Gasteiger partial charge in [0.1, 0.15) is 0 Å². The zero-order valence-electron chi connectivity index (χ0n) is 11.8. The van der Waals surface area contributed by atoms with Crippen molar-refractivity contribution in [2.75, 3.05) is 13.7 Å². The second-order valence-electron chi connectivity index (χ2n) is 5.88. The third-order valence-corrected chi connectivity index (χ3v) is 4.15. The van der Waals surface area contributed by atoms with E-state index < -0.39 is 0 Å². The lowest BCUT2D eigenvalue weighted by Crippen LogP contribution is -2.33. The largest absolute Gasteiger partial charge is 0.469 e. The number of carbonyl (C=O) groups is 2.